The molecule has 1 unspecified atom stereocenters. The summed E-state index contributed by atoms with van der Waals surface area (Å²) >= 11 is 0. The Labute approximate surface area is 92.6 Å². The average Bonchev–Trinajstić information content (AvgIpc) is 2.19. The summed E-state index contributed by atoms with van der Waals surface area (Å²) < 4.78 is 0. The fourth-order valence-corrected chi connectivity index (χ4v) is 2.12. The van der Waals surface area contributed by atoms with E-state index in [4.69, 9.17) is 0 Å². The first-order valence-electron chi connectivity index (χ1n) is 5.73. The highest BCUT2D eigenvalue weighted by Gasteiger charge is 2.33. The molecule has 0 saturated carbocycles. The lowest BCUT2D eigenvalue weighted by Crippen LogP contribution is -2.58. The maximum Gasteiger partial charge on any atom is 0.239 e. The van der Waals surface area contributed by atoms with E-state index in [0.29, 0.717) is 6.04 Å². The molecule has 1 atom stereocenters. The van der Waals surface area contributed by atoms with Crippen LogP contribution in [0.1, 0.15) is 20.3 Å². The van der Waals surface area contributed by atoms with Crippen molar-refractivity contribution in [2.24, 2.45) is 0 Å². The number of rotatable bonds is 4. The zero-order valence-electron chi connectivity index (χ0n) is 10.3. The molecule has 1 N–H and O–H groups in total. The van der Waals surface area contributed by atoms with E-state index in [1.54, 1.807) is 0 Å². The Kier molecular flexibility index (Phi) is 4.54. The van der Waals surface area contributed by atoms with Crippen molar-refractivity contribution < 1.29 is 4.79 Å². The molecule has 0 aliphatic carbocycles. The van der Waals surface area contributed by atoms with Crippen molar-refractivity contribution in [1.82, 2.24) is 15.1 Å². The second-order valence-electron chi connectivity index (χ2n) is 4.50. The van der Waals surface area contributed by atoms with Gasteiger partial charge in [-0.25, -0.2) is 0 Å². The third kappa shape index (κ3) is 2.92. The number of carbonyl (C=O) groups excluding carboxylic acids is 1. The monoisotopic (exact) mass is 213 g/mol. The second kappa shape index (κ2) is 5.47. The Morgan fingerprint density at radius 2 is 2.13 bits per heavy atom. The number of nitrogens with zero attached hydrogens (tertiary/aromatic N) is 2. The lowest BCUT2D eigenvalue weighted by atomic mass is 10.1. The van der Waals surface area contributed by atoms with Crippen LogP contribution < -0.4 is 5.32 Å². The van der Waals surface area contributed by atoms with Crippen LogP contribution in [0.3, 0.4) is 0 Å². The van der Waals surface area contributed by atoms with Gasteiger partial charge in [0.05, 0.1) is 6.04 Å². The Hall–Kier alpha value is -0.610. The lowest BCUT2D eigenvalue weighted by Gasteiger charge is -2.41. The van der Waals surface area contributed by atoms with Gasteiger partial charge in [0.15, 0.2) is 0 Å². The van der Waals surface area contributed by atoms with Crippen molar-refractivity contribution in [2.45, 2.75) is 32.4 Å². The number of piperazine rings is 1. The van der Waals surface area contributed by atoms with E-state index in [1.165, 1.54) is 0 Å². The van der Waals surface area contributed by atoms with Crippen molar-refractivity contribution in [3.05, 3.63) is 0 Å². The van der Waals surface area contributed by atoms with Gasteiger partial charge in [-0.1, -0.05) is 0 Å². The van der Waals surface area contributed by atoms with Gasteiger partial charge >= 0.3 is 0 Å². The molecule has 0 bridgehead atoms. The number of hydrogen-bond donors (Lipinski definition) is 1. The van der Waals surface area contributed by atoms with Gasteiger partial charge in [-0.15, -0.1) is 0 Å². The summed E-state index contributed by atoms with van der Waals surface area (Å²) in [4.78, 5) is 16.2. The van der Waals surface area contributed by atoms with Crippen LogP contribution in [0.4, 0.5) is 0 Å². The van der Waals surface area contributed by atoms with Crippen LogP contribution in [0.2, 0.25) is 0 Å². The summed E-state index contributed by atoms with van der Waals surface area (Å²) in [5, 5.41) is 3.11. The number of hydrogen-bond acceptors (Lipinski definition) is 3. The largest absolute Gasteiger partial charge is 0.343 e. The molecule has 0 spiro atoms. The molecule has 0 aromatic carbocycles. The minimum Gasteiger partial charge on any atom is -0.343 e. The molecule has 1 fully saturated rings. The molecule has 1 aliphatic heterocycles. The summed E-state index contributed by atoms with van der Waals surface area (Å²) in [6.07, 6.45) is 0.901. The van der Waals surface area contributed by atoms with Crippen molar-refractivity contribution in [3.63, 3.8) is 0 Å². The summed E-state index contributed by atoms with van der Waals surface area (Å²) in [7, 11) is 3.82. The zero-order chi connectivity index (χ0) is 11.4. The van der Waals surface area contributed by atoms with Crippen molar-refractivity contribution in [3.8, 4) is 0 Å². The lowest BCUT2D eigenvalue weighted by molar-refractivity contribution is -0.141. The summed E-state index contributed by atoms with van der Waals surface area (Å²) in [5.74, 6) is 0.269. The third-order valence-corrected chi connectivity index (χ3v) is 3.09. The molecule has 0 aromatic rings. The standard InChI is InChI=1S/C11H23N3O/c1-9(2)14-8-7-13(4)11(15)10(14)5-6-12-3/h9-10,12H,5-8H2,1-4H3. The number of nitrogens with one attached hydrogen (secondary N) is 1. The number of likely N-dealkylation sites (N-methyl/N-ethyl adjacent to an activating group) is 1. The molecule has 1 aliphatic rings. The predicted molar refractivity (Wildman–Crippen MR) is 61.8 cm³/mol. The van der Waals surface area contributed by atoms with Crippen LogP contribution in [0.5, 0.6) is 0 Å². The maximum absolute atomic E-state index is 12.0. The van der Waals surface area contributed by atoms with Gasteiger partial charge in [0.25, 0.3) is 0 Å². The first-order valence-corrected chi connectivity index (χ1v) is 5.73. The quantitative estimate of drug-likeness (QED) is 0.722. The minimum atomic E-state index is 0.0659. The second-order valence-corrected chi connectivity index (χ2v) is 4.50. The molecule has 88 valence electrons. The van der Waals surface area contributed by atoms with E-state index in [0.717, 1.165) is 26.1 Å². The van der Waals surface area contributed by atoms with Gasteiger partial charge in [-0.05, 0) is 33.9 Å². The first kappa shape index (κ1) is 12.5. The Bertz CT molecular complexity index is 218. The Balaban J connectivity index is 2.66. The van der Waals surface area contributed by atoms with Crippen molar-refractivity contribution >= 4 is 5.91 Å². The van der Waals surface area contributed by atoms with Crippen molar-refractivity contribution in [1.29, 1.82) is 0 Å². The topological polar surface area (TPSA) is 35.6 Å². The fraction of sp³-hybridized carbons (Fsp3) is 0.909. The van der Waals surface area contributed by atoms with Gasteiger partial charge < -0.3 is 10.2 Å². The van der Waals surface area contributed by atoms with Gasteiger partial charge in [-0.2, -0.15) is 0 Å². The van der Waals surface area contributed by atoms with Crippen molar-refractivity contribution in [2.75, 3.05) is 33.7 Å². The van der Waals surface area contributed by atoms with E-state index in [2.05, 4.69) is 24.1 Å². The molecule has 15 heavy (non-hydrogen) atoms. The van der Waals surface area contributed by atoms with Gasteiger partial charge in [0.1, 0.15) is 0 Å². The fourth-order valence-electron chi connectivity index (χ4n) is 2.12. The normalized spacial score (nSPS) is 23.9. The Morgan fingerprint density at radius 1 is 1.47 bits per heavy atom. The summed E-state index contributed by atoms with van der Waals surface area (Å²) in [6, 6.07) is 0.515. The molecule has 4 nitrogen and oxygen atoms in total. The summed E-state index contributed by atoms with van der Waals surface area (Å²) in [6.45, 7) is 7.06. The molecule has 0 radical (unpaired) electrons. The third-order valence-electron chi connectivity index (χ3n) is 3.09. The molecular formula is C11H23N3O. The Morgan fingerprint density at radius 3 is 2.67 bits per heavy atom. The minimum absolute atomic E-state index is 0.0659. The maximum atomic E-state index is 12.0. The van der Waals surface area contributed by atoms with E-state index >= 15 is 0 Å². The van der Waals surface area contributed by atoms with Crippen LogP contribution in [-0.4, -0.2) is 61.5 Å². The van der Waals surface area contributed by atoms with E-state index in [-0.39, 0.29) is 11.9 Å². The molecule has 4 heteroatoms. The number of amides is 1. The number of carbonyl (C=O) groups is 1. The zero-order valence-corrected chi connectivity index (χ0v) is 10.3. The molecule has 1 amide bonds. The molecule has 1 saturated heterocycles. The highest BCUT2D eigenvalue weighted by Crippen LogP contribution is 2.15. The highest BCUT2D eigenvalue weighted by molar-refractivity contribution is 5.82. The first-order chi connectivity index (χ1) is 7.07. The smallest absolute Gasteiger partial charge is 0.239 e. The van der Waals surface area contributed by atoms with Crippen LogP contribution in [0.15, 0.2) is 0 Å². The molecule has 1 rings (SSSR count). The van der Waals surface area contributed by atoms with Crippen LogP contribution in [0, 0.1) is 0 Å². The molecule has 0 aromatic heterocycles. The van der Waals surface area contributed by atoms with Crippen LogP contribution in [-0.2, 0) is 4.79 Å². The van der Waals surface area contributed by atoms with E-state index < -0.39 is 0 Å². The molecule has 1 heterocycles. The van der Waals surface area contributed by atoms with Gasteiger partial charge in [-0.3, -0.25) is 9.69 Å². The highest BCUT2D eigenvalue weighted by atomic mass is 16.2. The average molecular weight is 213 g/mol. The molecular weight excluding hydrogens is 190 g/mol. The SMILES string of the molecule is CNCCC1C(=O)N(C)CCN1C(C)C. The van der Waals surface area contributed by atoms with Crippen LogP contribution >= 0.6 is 0 Å². The van der Waals surface area contributed by atoms with Gasteiger partial charge in [0.2, 0.25) is 5.91 Å². The summed E-state index contributed by atoms with van der Waals surface area (Å²) in [5.41, 5.74) is 0. The van der Waals surface area contributed by atoms with E-state index in [1.807, 2.05) is 19.0 Å². The van der Waals surface area contributed by atoms with Crippen LogP contribution in [0.25, 0.3) is 0 Å². The van der Waals surface area contributed by atoms with Gasteiger partial charge in [0, 0.05) is 26.2 Å². The van der Waals surface area contributed by atoms with E-state index in [9.17, 15) is 4.79 Å². The predicted octanol–water partition coefficient (Wildman–Crippen LogP) is 0.147.